The van der Waals surface area contributed by atoms with Crippen molar-refractivity contribution in [1.29, 1.82) is 0 Å². The maximum atomic E-state index is 4.84. The third kappa shape index (κ3) is 5.73. The summed E-state index contributed by atoms with van der Waals surface area (Å²) >= 11 is 0. The average molecular weight is 290 g/mol. The fraction of sp³-hybridized carbons (Fsp3) is 0.706. The molecule has 1 aliphatic heterocycles. The molecule has 1 N–H and O–H groups in total. The second kappa shape index (κ2) is 8.47. The Kier molecular flexibility index (Phi) is 6.61. The molecule has 1 aromatic rings. The van der Waals surface area contributed by atoms with Crippen LogP contribution in [0.1, 0.15) is 38.1 Å². The van der Waals surface area contributed by atoms with Crippen LogP contribution in [0.2, 0.25) is 0 Å². The number of aromatic nitrogens is 1. The van der Waals surface area contributed by atoms with Crippen LogP contribution in [-0.2, 0) is 13.1 Å². The van der Waals surface area contributed by atoms with Gasteiger partial charge in [-0.3, -0.25) is 9.88 Å². The monoisotopic (exact) mass is 290 g/mol. The minimum Gasteiger partial charge on any atom is -0.317 e. The molecule has 2 bridgehead atoms. The minimum absolute atomic E-state index is 0.561. The minimum atomic E-state index is 0.561. The van der Waals surface area contributed by atoms with Crippen LogP contribution in [0.3, 0.4) is 0 Å². The van der Waals surface area contributed by atoms with Crippen molar-refractivity contribution >= 4 is 0 Å². The highest BCUT2D eigenvalue weighted by Crippen LogP contribution is 2.09. The van der Waals surface area contributed by atoms with Gasteiger partial charge in [-0.2, -0.15) is 0 Å². The Bertz CT molecular complexity index is 419. The number of hydrogen-bond donors (Lipinski definition) is 1. The van der Waals surface area contributed by atoms with Crippen molar-refractivity contribution in [2.75, 3.05) is 33.2 Å². The Hall–Kier alpha value is -0.970. The van der Waals surface area contributed by atoms with Crippen molar-refractivity contribution < 1.29 is 0 Å². The molecule has 2 rings (SSSR count). The molecule has 4 heteroatoms. The smallest absolute Gasteiger partial charge is 0.0547 e. The van der Waals surface area contributed by atoms with Crippen molar-refractivity contribution in [3.8, 4) is 0 Å². The van der Waals surface area contributed by atoms with E-state index in [9.17, 15) is 0 Å². The lowest BCUT2D eigenvalue weighted by Gasteiger charge is -2.27. The summed E-state index contributed by atoms with van der Waals surface area (Å²) in [6.07, 6.45) is 2.40. The van der Waals surface area contributed by atoms with E-state index >= 15 is 0 Å². The van der Waals surface area contributed by atoms with Crippen molar-refractivity contribution in [2.45, 2.75) is 45.8 Å². The van der Waals surface area contributed by atoms with Gasteiger partial charge < -0.3 is 10.2 Å². The third-order valence-electron chi connectivity index (χ3n) is 4.08. The van der Waals surface area contributed by atoms with Gasteiger partial charge in [0.05, 0.1) is 11.4 Å². The largest absolute Gasteiger partial charge is 0.317 e. The summed E-state index contributed by atoms with van der Waals surface area (Å²) in [5, 5.41) is 3.56. The maximum Gasteiger partial charge on any atom is 0.0547 e. The van der Waals surface area contributed by atoms with Crippen LogP contribution in [0.5, 0.6) is 0 Å². The van der Waals surface area contributed by atoms with E-state index in [0.29, 0.717) is 6.04 Å². The van der Waals surface area contributed by atoms with Gasteiger partial charge in [-0.05, 0) is 65.5 Å². The molecule has 0 aromatic carbocycles. The van der Waals surface area contributed by atoms with Gasteiger partial charge in [0.2, 0.25) is 0 Å². The summed E-state index contributed by atoms with van der Waals surface area (Å²) in [6, 6.07) is 7.01. The number of nitrogens with zero attached hydrogens (tertiary/aromatic N) is 3. The molecular weight excluding hydrogens is 260 g/mol. The lowest BCUT2D eigenvalue weighted by molar-refractivity contribution is 0.206. The summed E-state index contributed by atoms with van der Waals surface area (Å²) in [5.74, 6) is 0. The van der Waals surface area contributed by atoms with Gasteiger partial charge in [-0.1, -0.05) is 6.07 Å². The molecular formula is C17H30N4. The molecule has 0 atom stereocenters. The van der Waals surface area contributed by atoms with E-state index < -0.39 is 0 Å². The molecule has 0 spiro atoms. The van der Waals surface area contributed by atoms with E-state index in [2.05, 4.69) is 54.2 Å². The summed E-state index contributed by atoms with van der Waals surface area (Å²) in [6.45, 7) is 10.9. The highest BCUT2D eigenvalue weighted by molar-refractivity contribution is 5.11. The topological polar surface area (TPSA) is 31.4 Å². The van der Waals surface area contributed by atoms with Crippen LogP contribution in [-0.4, -0.2) is 54.1 Å². The first-order valence-electron chi connectivity index (χ1n) is 8.23. The van der Waals surface area contributed by atoms with Crippen molar-refractivity contribution in [3.63, 3.8) is 0 Å². The van der Waals surface area contributed by atoms with Gasteiger partial charge in [-0.25, -0.2) is 0 Å². The van der Waals surface area contributed by atoms with Gasteiger partial charge in [0, 0.05) is 25.7 Å². The molecule has 1 aromatic heterocycles. The number of hydrogen-bond acceptors (Lipinski definition) is 4. The van der Waals surface area contributed by atoms with Crippen LogP contribution in [0, 0.1) is 0 Å². The van der Waals surface area contributed by atoms with Gasteiger partial charge in [0.25, 0.3) is 0 Å². The Morgan fingerprint density at radius 2 is 1.71 bits per heavy atom. The second-order valence-electron chi connectivity index (χ2n) is 6.38. The fourth-order valence-electron chi connectivity index (χ4n) is 2.80. The predicted molar refractivity (Wildman–Crippen MR) is 88.2 cm³/mol. The van der Waals surface area contributed by atoms with E-state index in [1.165, 1.54) is 24.2 Å². The van der Waals surface area contributed by atoms with E-state index in [4.69, 9.17) is 4.98 Å². The summed E-state index contributed by atoms with van der Waals surface area (Å²) in [7, 11) is 2.18. The fourth-order valence-corrected chi connectivity index (χ4v) is 2.80. The zero-order chi connectivity index (χ0) is 15.1. The molecule has 0 aliphatic carbocycles. The lowest BCUT2D eigenvalue weighted by Crippen LogP contribution is -2.34. The average Bonchev–Trinajstić information content (AvgIpc) is 2.44. The van der Waals surface area contributed by atoms with Crippen molar-refractivity contribution in [1.82, 2.24) is 20.1 Å². The lowest BCUT2D eigenvalue weighted by atomic mass is 10.2. The summed E-state index contributed by atoms with van der Waals surface area (Å²) in [5.41, 5.74) is 2.38. The predicted octanol–water partition coefficient (Wildman–Crippen LogP) is 2.11. The molecule has 118 valence electrons. The van der Waals surface area contributed by atoms with E-state index in [0.717, 1.165) is 39.3 Å². The molecule has 0 unspecified atom stereocenters. The molecule has 0 saturated heterocycles. The van der Waals surface area contributed by atoms with Crippen LogP contribution >= 0.6 is 0 Å². The van der Waals surface area contributed by atoms with Crippen molar-refractivity contribution in [3.05, 3.63) is 29.6 Å². The Morgan fingerprint density at radius 3 is 2.43 bits per heavy atom. The van der Waals surface area contributed by atoms with Gasteiger partial charge in [0.15, 0.2) is 0 Å². The SMILES string of the molecule is CC(C)N1CCCNCCCN(C)Cc2cccc(n2)C1. The quantitative estimate of drug-likeness (QED) is 0.858. The molecule has 2 heterocycles. The second-order valence-corrected chi connectivity index (χ2v) is 6.38. The van der Waals surface area contributed by atoms with Crippen LogP contribution in [0.4, 0.5) is 0 Å². The number of fused-ring (bicyclic) bond motifs is 2. The molecule has 0 amide bonds. The first-order valence-corrected chi connectivity index (χ1v) is 8.23. The van der Waals surface area contributed by atoms with E-state index in [1.807, 2.05) is 0 Å². The molecule has 4 nitrogen and oxygen atoms in total. The van der Waals surface area contributed by atoms with E-state index in [-0.39, 0.29) is 0 Å². The third-order valence-corrected chi connectivity index (χ3v) is 4.08. The van der Waals surface area contributed by atoms with Gasteiger partial charge in [0.1, 0.15) is 0 Å². The van der Waals surface area contributed by atoms with Crippen molar-refractivity contribution in [2.24, 2.45) is 0 Å². The highest BCUT2D eigenvalue weighted by Gasteiger charge is 2.12. The van der Waals surface area contributed by atoms with Crippen LogP contribution in [0.25, 0.3) is 0 Å². The molecule has 0 fully saturated rings. The number of pyridine rings is 1. The Morgan fingerprint density at radius 1 is 1.05 bits per heavy atom. The zero-order valence-corrected chi connectivity index (χ0v) is 13.8. The Labute approximate surface area is 129 Å². The van der Waals surface area contributed by atoms with Crippen LogP contribution < -0.4 is 5.32 Å². The first kappa shape index (κ1) is 16.4. The maximum absolute atomic E-state index is 4.84. The van der Waals surface area contributed by atoms with E-state index in [1.54, 1.807) is 0 Å². The van der Waals surface area contributed by atoms with Gasteiger partial charge in [-0.15, -0.1) is 0 Å². The summed E-state index contributed by atoms with van der Waals surface area (Å²) in [4.78, 5) is 9.72. The molecule has 21 heavy (non-hydrogen) atoms. The zero-order valence-electron chi connectivity index (χ0n) is 13.8. The normalized spacial score (nSPS) is 20.4. The molecule has 0 saturated carbocycles. The van der Waals surface area contributed by atoms with Crippen LogP contribution in [0.15, 0.2) is 18.2 Å². The molecule has 1 aliphatic rings. The number of nitrogens with one attached hydrogen (secondary N) is 1. The first-order chi connectivity index (χ1) is 10.1. The standard InChI is InChI=1S/C17H30N4/c1-15(2)21-12-6-10-18-9-5-11-20(3)13-16-7-4-8-17(14-21)19-16/h4,7-8,15,18H,5-6,9-14H2,1-3H3. The Balaban J connectivity index is 2.10. The van der Waals surface area contributed by atoms with Gasteiger partial charge >= 0.3 is 0 Å². The molecule has 0 radical (unpaired) electrons. The highest BCUT2D eigenvalue weighted by atomic mass is 15.2. The summed E-state index contributed by atoms with van der Waals surface area (Å²) < 4.78 is 0. The number of rotatable bonds is 1.